The first kappa shape index (κ1) is 32.2. The van der Waals surface area contributed by atoms with Gasteiger partial charge in [0.2, 0.25) is 0 Å². The van der Waals surface area contributed by atoms with Crippen molar-refractivity contribution in [3.05, 3.63) is 12.2 Å². The van der Waals surface area contributed by atoms with Crippen molar-refractivity contribution in [3.8, 4) is 0 Å². The standard InChI is InChI=1S/C37H56O9/c1-18(2)27-22-15-19(3)29-33(7)13-14-36-17-35(36)12-11-25(44-30-28(43-20(4)38)26(40)21(39)16-42-30)32(5,6)23(35)9-10-24(36)34(33,8)31(41)37(29,45-22)46-27/h19,21-31,39-41H,1,9-17H2,2-8H3/t19-,21-,22-,23?,24?,25+,26+,27?,28-,29-,30+,31-,33-,34-,35-,36+,37+/m1/s1. The molecule has 8 aliphatic rings. The molecule has 3 saturated heterocycles. The van der Waals surface area contributed by atoms with Crippen LogP contribution in [0.1, 0.15) is 99.8 Å². The normalized spacial score (nSPS) is 59.3. The minimum atomic E-state index is -1.27. The van der Waals surface area contributed by atoms with Gasteiger partial charge in [0.15, 0.2) is 18.2 Å². The molecule has 9 nitrogen and oxygen atoms in total. The molecule has 0 aromatic carbocycles. The van der Waals surface area contributed by atoms with Crippen molar-refractivity contribution in [2.75, 3.05) is 6.61 Å². The predicted octanol–water partition coefficient (Wildman–Crippen LogP) is 4.50. The summed E-state index contributed by atoms with van der Waals surface area (Å²) in [5.41, 5.74) is 0.731. The molecule has 258 valence electrons. The molecule has 3 aliphatic heterocycles. The van der Waals surface area contributed by atoms with Gasteiger partial charge in [-0.05, 0) is 103 Å². The van der Waals surface area contributed by atoms with Crippen LogP contribution in [0.4, 0.5) is 0 Å². The Hall–Kier alpha value is -1.07. The second-order valence-electron chi connectivity index (χ2n) is 18.0. The topological polar surface area (TPSA) is 124 Å². The van der Waals surface area contributed by atoms with Gasteiger partial charge < -0.3 is 39.0 Å². The number of aliphatic hydroxyl groups excluding tert-OH is 3. The summed E-state index contributed by atoms with van der Waals surface area (Å²) in [7, 11) is 0. The molecule has 5 aliphatic carbocycles. The third-order valence-electron chi connectivity index (χ3n) is 15.9. The molecule has 0 amide bonds. The summed E-state index contributed by atoms with van der Waals surface area (Å²) in [4.78, 5) is 11.9. The quantitative estimate of drug-likeness (QED) is 0.231. The zero-order valence-electron chi connectivity index (χ0n) is 28.8. The van der Waals surface area contributed by atoms with Gasteiger partial charge in [0.1, 0.15) is 24.4 Å². The molecule has 46 heavy (non-hydrogen) atoms. The Morgan fingerprint density at radius 2 is 1.63 bits per heavy atom. The molecular weight excluding hydrogens is 588 g/mol. The van der Waals surface area contributed by atoms with Crippen LogP contribution in [0.3, 0.4) is 0 Å². The van der Waals surface area contributed by atoms with Gasteiger partial charge in [0.05, 0.1) is 18.8 Å². The van der Waals surface area contributed by atoms with E-state index in [1.165, 1.54) is 19.8 Å². The van der Waals surface area contributed by atoms with Crippen LogP contribution in [-0.4, -0.2) is 82.7 Å². The fourth-order valence-corrected chi connectivity index (χ4v) is 14.1. The maximum atomic E-state index is 12.7. The summed E-state index contributed by atoms with van der Waals surface area (Å²) in [5, 5.41) is 33.5. The molecular formula is C37H56O9. The molecule has 8 rings (SSSR count). The fourth-order valence-electron chi connectivity index (χ4n) is 14.1. The average Bonchev–Trinajstić information content (AvgIpc) is 3.50. The number of carbonyl (C=O) groups excluding carboxylic acids is 1. The first-order chi connectivity index (χ1) is 21.5. The van der Waals surface area contributed by atoms with E-state index in [2.05, 4.69) is 41.2 Å². The maximum Gasteiger partial charge on any atom is 0.303 e. The Morgan fingerprint density at radius 3 is 2.33 bits per heavy atom. The van der Waals surface area contributed by atoms with Gasteiger partial charge in [-0.1, -0.05) is 41.2 Å². The van der Waals surface area contributed by atoms with Crippen LogP contribution in [0.2, 0.25) is 0 Å². The lowest BCUT2D eigenvalue weighted by Gasteiger charge is -2.63. The Morgan fingerprint density at radius 1 is 0.935 bits per heavy atom. The van der Waals surface area contributed by atoms with Crippen molar-refractivity contribution in [2.24, 2.45) is 50.7 Å². The first-order valence-electron chi connectivity index (χ1n) is 18.0. The second kappa shape index (κ2) is 9.79. The molecule has 5 saturated carbocycles. The predicted molar refractivity (Wildman–Crippen MR) is 167 cm³/mol. The van der Waals surface area contributed by atoms with E-state index in [0.717, 1.165) is 44.1 Å². The van der Waals surface area contributed by atoms with Gasteiger partial charge in [-0.2, -0.15) is 0 Å². The number of ether oxygens (including phenoxy) is 5. The number of hydrogen-bond donors (Lipinski definition) is 3. The van der Waals surface area contributed by atoms with Gasteiger partial charge in [0.25, 0.3) is 0 Å². The summed E-state index contributed by atoms with van der Waals surface area (Å²) < 4.78 is 31.6. The van der Waals surface area contributed by atoms with E-state index in [-0.39, 0.29) is 57.9 Å². The third-order valence-corrected chi connectivity index (χ3v) is 15.9. The van der Waals surface area contributed by atoms with Gasteiger partial charge >= 0.3 is 5.97 Å². The minimum Gasteiger partial charge on any atom is -0.454 e. The molecule has 9 heteroatoms. The van der Waals surface area contributed by atoms with E-state index in [4.69, 9.17) is 23.7 Å². The molecule has 3 spiro atoms. The molecule has 0 radical (unpaired) electrons. The first-order valence-corrected chi connectivity index (χ1v) is 18.0. The molecule has 0 aromatic heterocycles. The van der Waals surface area contributed by atoms with Gasteiger partial charge in [0, 0.05) is 18.3 Å². The van der Waals surface area contributed by atoms with Crippen molar-refractivity contribution in [1.29, 1.82) is 0 Å². The van der Waals surface area contributed by atoms with E-state index in [0.29, 0.717) is 17.8 Å². The monoisotopic (exact) mass is 644 g/mol. The minimum absolute atomic E-state index is 0.0447. The van der Waals surface area contributed by atoms with Crippen molar-refractivity contribution in [3.63, 3.8) is 0 Å². The highest BCUT2D eigenvalue weighted by Gasteiger charge is 2.88. The largest absolute Gasteiger partial charge is 0.454 e. The fraction of sp³-hybridized carbons (Fsp3) is 0.919. The van der Waals surface area contributed by atoms with Gasteiger partial charge in [-0.3, -0.25) is 4.79 Å². The van der Waals surface area contributed by atoms with Crippen molar-refractivity contribution in [2.45, 2.75) is 155 Å². The Balaban J connectivity index is 1.08. The second-order valence-corrected chi connectivity index (χ2v) is 18.0. The van der Waals surface area contributed by atoms with E-state index < -0.39 is 42.5 Å². The van der Waals surface area contributed by atoms with Crippen LogP contribution in [0.5, 0.6) is 0 Å². The highest BCUT2D eigenvalue weighted by atomic mass is 16.8. The van der Waals surface area contributed by atoms with E-state index in [9.17, 15) is 20.1 Å². The van der Waals surface area contributed by atoms with Crippen molar-refractivity contribution >= 4 is 5.97 Å². The average molecular weight is 645 g/mol. The lowest BCUT2D eigenvalue weighted by Crippen LogP contribution is -2.61. The molecule has 17 atom stereocenters. The van der Waals surface area contributed by atoms with Crippen LogP contribution >= 0.6 is 0 Å². The Bertz CT molecular complexity index is 1320. The molecule has 3 N–H and O–H groups in total. The molecule has 0 aromatic rings. The van der Waals surface area contributed by atoms with Crippen LogP contribution in [0.25, 0.3) is 0 Å². The highest BCUT2D eigenvalue weighted by molar-refractivity contribution is 5.66. The van der Waals surface area contributed by atoms with Gasteiger partial charge in [-0.15, -0.1) is 0 Å². The Kier molecular flexibility index (Phi) is 6.84. The number of hydrogen-bond acceptors (Lipinski definition) is 9. The van der Waals surface area contributed by atoms with E-state index in [1.807, 2.05) is 6.92 Å². The van der Waals surface area contributed by atoms with Crippen LogP contribution in [0.15, 0.2) is 12.2 Å². The number of carbonyl (C=O) groups is 1. The SMILES string of the molecule is C=C(C)C1O[C@@]23O[C@@H]1C[C@@H](C)[C@@H]2[C@@]1(C)CC[C@@]24C[C@@]25CC[C@H](O[C@@H]2OC[C@@H](O)[C@H](O)[C@H]2OC(C)=O)C(C)(C)C5CCC4[C@]1(C)[C@H]3O. The zero-order chi connectivity index (χ0) is 33.0. The summed E-state index contributed by atoms with van der Waals surface area (Å²) in [6.07, 6.45) is 2.90. The smallest absolute Gasteiger partial charge is 0.303 e. The van der Waals surface area contributed by atoms with Crippen LogP contribution in [0, 0.1) is 50.7 Å². The Labute approximate surface area is 273 Å². The van der Waals surface area contributed by atoms with Crippen LogP contribution in [-0.2, 0) is 28.5 Å². The lowest BCUT2D eigenvalue weighted by atomic mass is 9.41. The highest BCUT2D eigenvalue weighted by Crippen LogP contribution is 2.90. The third kappa shape index (κ3) is 3.64. The van der Waals surface area contributed by atoms with E-state index >= 15 is 0 Å². The lowest BCUT2D eigenvalue weighted by molar-refractivity contribution is -0.305. The van der Waals surface area contributed by atoms with Crippen LogP contribution < -0.4 is 0 Å². The number of fused-ring (bicyclic) bond motifs is 4. The summed E-state index contributed by atoms with van der Waals surface area (Å²) in [6, 6.07) is 0. The van der Waals surface area contributed by atoms with Crippen molar-refractivity contribution in [1.82, 2.24) is 0 Å². The van der Waals surface area contributed by atoms with Gasteiger partial charge in [-0.25, -0.2) is 0 Å². The molecule has 2 bridgehead atoms. The zero-order valence-corrected chi connectivity index (χ0v) is 28.8. The summed E-state index contributed by atoms with van der Waals surface area (Å²) in [6.45, 7) is 19.3. The molecule has 8 fully saturated rings. The summed E-state index contributed by atoms with van der Waals surface area (Å²) in [5.74, 6) is -0.168. The summed E-state index contributed by atoms with van der Waals surface area (Å²) >= 11 is 0. The molecule has 3 unspecified atom stereocenters. The number of esters is 1. The van der Waals surface area contributed by atoms with E-state index in [1.54, 1.807) is 0 Å². The number of rotatable bonds is 4. The number of aliphatic hydroxyl groups is 3. The maximum absolute atomic E-state index is 12.7. The van der Waals surface area contributed by atoms with Crippen molar-refractivity contribution < 1.29 is 43.8 Å². The molecule has 3 heterocycles.